The summed E-state index contributed by atoms with van der Waals surface area (Å²) in [5.74, 6) is 0.839. The van der Waals surface area contributed by atoms with E-state index in [2.05, 4.69) is 33.9 Å². The molecule has 0 bridgehead atoms. The van der Waals surface area contributed by atoms with Gasteiger partial charge in [-0.1, -0.05) is 42.5 Å². The number of carbonyl (C=O) groups is 1. The van der Waals surface area contributed by atoms with Crippen LogP contribution in [0.25, 0.3) is 11.0 Å². The standard InChI is InChI=1S/C22H21N3OS/c26-21(11-10-17-12-13-27-15-17)23-20(14-16-6-2-1-3-7-16)22-24-18-8-4-5-9-19(18)25-22/h1-9,12-13,15,20H,10-11,14H2,(H,23,26)(H,24,25)/t20-/m0/s1. The zero-order chi connectivity index (χ0) is 18.5. The summed E-state index contributed by atoms with van der Waals surface area (Å²) in [6, 6.07) is 20.0. The number of H-pyrrole nitrogens is 1. The maximum absolute atomic E-state index is 12.6. The Morgan fingerprint density at radius 2 is 1.85 bits per heavy atom. The predicted molar refractivity (Wildman–Crippen MR) is 110 cm³/mol. The number of fused-ring (bicyclic) bond motifs is 1. The van der Waals surface area contributed by atoms with Crippen LogP contribution in [0.2, 0.25) is 0 Å². The van der Waals surface area contributed by atoms with Crippen molar-refractivity contribution in [3.63, 3.8) is 0 Å². The Morgan fingerprint density at radius 3 is 2.63 bits per heavy atom. The Bertz CT molecular complexity index is 975. The van der Waals surface area contributed by atoms with Crippen LogP contribution in [0.5, 0.6) is 0 Å². The van der Waals surface area contributed by atoms with Gasteiger partial charge in [0.05, 0.1) is 17.1 Å². The first kappa shape index (κ1) is 17.5. The van der Waals surface area contributed by atoms with Gasteiger partial charge in [0.2, 0.25) is 5.91 Å². The van der Waals surface area contributed by atoms with Crippen molar-refractivity contribution in [1.29, 1.82) is 0 Å². The topological polar surface area (TPSA) is 57.8 Å². The van der Waals surface area contributed by atoms with E-state index in [4.69, 9.17) is 4.98 Å². The maximum atomic E-state index is 12.6. The Balaban J connectivity index is 1.52. The van der Waals surface area contributed by atoms with Crippen LogP contribution in [0.3, 0.4) is 0 Å². The van der Waals surface area contributed by atoms with E-state index in [0.717, 1.165) is 23.3 Å². The van der Waals surface area contributed by atoms with Crippen LogP contribution in [0, 0.1) is 0 Å². The fourth-order valence-electron chi connectivity index (χ4n) is 3.16. The molecule has 27 heavy (non-hydrogen) atoms. The normalized spacial score (nSPS) is 12.1. The second-order valence-corrected chi connectivity index (χ2v) is 7.36. The number of thiophene rings is 1. The van der Waals surface area contributed by atoms with Gasteiger partial charge in [-0.15, -0.1) is 0 Å². The van der Waals surface area contributed by atoms with Crippen molar-refractivity contribution in [3.8, 4) is 0 Å². The molecule has 4 rings (SSSR count). The molecule has 0 fully saturated rings. The summed E-state index contributed by atoms with van der Waals surface area (Å²) in [6.07, 6.45) is 1.93. The van der Waals surface area contributed by atoms with Crippen molar-refractivity contribution in [1.82, 2.24) is 15.3 Å². The lowest BCUT2D eigenvalue weighted by atomic mass is 10.0. The molecule has 0 aliphatic heterocycles. The number of benzene rings is 2. The minimum Gasteiger partial charge on any atom is -0.346 e. The second kappa shape index (κ2) is 8.18. The predicted octanol–water partition coefficient (Wildman–Crippen LogP) is 4.66. The van der Waals surface area contributed by atoms with Crippen molar-refractivity contribution in [2.75, 3.05) is 0 Å². The van der Waals surface area contributed by atoms with Gasteiger partial charge >= 0.3 is 0 Å². The maximum Gasteiger partial charge on any atom is 0.220 e. The zero-order valence-corrected chi connectivity index (χ0v) is 15.7. The molecule has 0 aliphatic carbocycles. The summed E-state index contributed by atoms with van der Waals surface area (Å²) in [7, 11) is 0. The number of nitrogens with zero attached hydrogens (tertiary/aromatic N) is 1. The molecule has 0 radical (unpaired) electrons. The minimum atomic E-state index is -0.185. The molecule has 0 saturated carbocycles. The van der Waals surface area contributed by atoms with Crippen molar-refractivity contribution in [2.45, 2.75) is 25.3 Å². The molecule has 0 spiro atoms. The highest BCUT2D eigenvalue weighted by molar-refractivity contribution is 7.07. The highest BCUT2D eigenvalue weighted by Crippen LogP contribution is 2.20. The van der Waals surface area contributed by atoms with E-state index in [-0.39, 0.29) is 11.9 Å². The molecule has 4 nitrogen and oxygen atoms in total. The number of aryl methyl sites for hydroxylation is 1. The molecule has 0 saturated heterocycles. The van der Waals surface area contributed by atoms with Gasteiger partial charge in [-0.25, -0.2) is 4.98 Å². The largest absolute Gasteiger partial charge is 0.346 e. The summed E-state index contributed by atoms with van der Waals surface area (Å²) >= 11 is 1.66. The van der Waals surface area contributed by atoms with Gasteiger partial charge in [-0.3, -0.25) is 4.79 Å². The summed E-state index contributed by atoms with van der Waals surface area (Å²) in [5, 5.41) is 7.31. The molecule has 136 valence electrons. The summed E-state index contributed by atoms with van der Waals surface area (Å²) in [6.45, 7) is 0. The molecule has 5 heteroatoms. The Hall–Kier alpha value is -2.92. The number of hydrogen-bond acceptors (Lipinski definition) is 3. The smallest absolute Gasteiger partial charge is 0.220 e. The number of imidazole rings is 1. The lowest BCUT2D eigenvalue weighted by molar-refractivity contribution is -0.121. The number of hydrogen-bond donors (Lipinski definition) is 2. The van der Waals surface area contributed by atoms with E-state index in [9.17, 15) is 4.79 Å². The molecule has 2 N–H and O–H groups in total. The molecule has 1 amide bonds. The van der Waals surface area contributed by atoms with E-state index >= 15 is 0 Å². The minimum absolute atomic E-state index is 0.0441. The van der Waals surface area contributed by atoms with Gasteiger partial charge in [0, 0.05) is 6.42 Å². The molecule has 0 unspecified atom stereocenters. The van der Waals surface area contributed by atoms with Crippen LogP contribution in [0.15, 0.2) is 71.4 Å². The number of nitrogens with one attached hydrogen (secondary N) is 2. The van der Waals surface area contributed by atoms with Crippen molar-refractivity contribution >= 4 is 28.3 Å². The van der Waals surface area contributed by atoms with Gasteiger partial charge in [-0.05, 0) is 52.9 Å². The molecule has 2 heterocycles. The van der Waals surface area contributed by atoms with Crippen LogP contribution >= 0.6 is 11.3 Å². The van der Waals surface area contributed by atoms with Crippen LogP contribution < -0.4 is 5.32 Å². The molecule has 1 atom stereocenters. The van der Waals surface area contributed by atoms with Crippen molar-refractivity contribution in [3.05, 3.63) is 88.4 Å². The lowest BCUT2D eigenvalue weighted by Crippen LogP contribution is -2.30. The lowest BCUT2D eigenvalue weighted by Gasteiger charge is -2.17. The monoisotopic (exact) mass is 375 g/mol. The molecule has 2 aromatic heterocycles. The SMILES string of the molecule is O=C(CCc1ccsc1)N[C@@H](Cc1ccccc1)c1nc2ccccc2[nH]1. The number of rotatable bonds is 7. The van der Waals surface area contributed by atoms with Crippen molar-refractivity contribution < 1.29 is 4.79 Å². The van der Waals surface area contributed by atoms with Gasteiger partial charge in [0.25, 0.3) is 0 Å². The molecule has 0 aliphatic rings. The highest BCUT2D eigenvalue weighted by Gasteiger charge is 2.19. The number of aromatic nitrogens is 2. The molecule has 4 aromatic rings. The molecular weight excluding hydrogens is 354 g/mol. The number of aromatic amines is 1. The number of carbonyl (C=O) groups excluding carboxylic acids is 1. The Morgan fingerprint density at radius 1 is 1.04 bits per heavy atom. The zero-order valence-electron chi connectivity index (χ0n) is 14.9. The number of para-hydroxylation sites is 2. The summed E-state index contributed by atoms with van der Waals surface area (Å²) < 4.78 is 0. The third-order valence-electron chi connectivity index (χ3n) is 4.58. The van der Waals surface area contributed by atoms with E-state index in [1.165, 1.54) is 11.1 Å². The molecule has 2 aromatic carbocycles. The quantitative estimate of drug-likeness (QED) is 0.494. The fourth-order valence-corrected chi connectivity index (χ4v) is 3.87. The highest BCUT2D eigenvalue weighted by atomic mass is 32.1. The first-order valence-electron chi connectivity index (χ1n) is 9.07. The number of amides is 1. The third kappa shape index (κ3) is 4.44. The second-order valence-electron chi connectivity index (χ2n) is 6.58. The van der Waals surface area contributed by atoms with Gasteiger partial charge in [-0.2, -0.15) is 11.3 Å². The van der Waals surface area contributed by atoms with Crippen molar-refractivity contribution in [2.24, 2.45) is 0 Å². The average molecular weight is 375 g/mol. The van der Waals surface area contributed by atoms with Crippen LogP contribution in [0.4, 0.5) is 0 Å². The van der Waals surface area contributed by atoms with Crippen LogP contribution in [-0.4, -0.2) is 15.9 Å². The summed E-state index contributed by atoms with van der Waals surface area (Å²) in [4.78, 5) is 20.6. The van der Waals surface area contributed by atoms with E-state index in [1.807, 2.05) is 47.8 Å². The van der Waals surface area contributed by atoms with E-state index < -0.39 is 0 Å². The third-order valence-corrected chi connectivity index (χ3v) is 5.31. The summed E-state index contributed by atoms with van der Waals surface area (Å²) in [5.41, 5.74) is 4.27. The Labute approximate surface area is 162 Å². The van der Waals surface area contributed by atoms with E-state index in [1.54, 1.807) is 11.3 Å². The fraction of sp³-hybridized carbons (Fsp3) is 0.182. The van der Waals surface area contributed by atoms with Gasteiger partial charge in [0.15, 0.2) is 0 Å². The van der Waals surface area contributed by atoms with Gasteiger partial charge in [0.1, 0.15) is 5.82 Å². The first-order valence-corrected chi connectivity index (χ1v) is 10.0. The molecular formula is C22H21N3OS. The Kier molecular flexibility index (Phi) is 5.30. The van der Waals surface area contributed by atoms with Gasteiger partial charge < -0.3 is 10.3 Å². The van der Waals surface area contributed by atoms with Crippen LogP contribution in [-0.2, 0) is 17.6 Å². The average Bonchev–Trinajstić information content (AvgIpc) is 3.36. The first-order chi connectivity index (χ1) is 13.3. The van der Waals surface area contributed by atoms with Crippen LogP contribution in [0.1, 0.15) is 29.4 Å². The van der Waals surface area contributed by atoms with E-state index in [0.29, 0.717) is 12.8 Å².